The SMILES string of the molecule is CCCC(O)OC1(C(C)=O)CCCO1. The minimum Gasteiger partial charge on any atom is -0.368 e. The van der Waals surface area contributed by atoms with Crippen molar-refractivity contribution in [2.75, 3.05) is 6.61 Å². The van der Waals surface area contributed by atoms with E-state index in [-0.39, 0.29) is 5.78 Å². The third kappa shape index (κ3) is 2.53. The predicted octanol–water partition coefficient (Wildman–Crippen LogP) is 1.22. The van der Waals surface area contributed by atoms with E-state index in [9.17, 15) is 9.90 Å². The van der Waals surface area contributed by atoms with Gasteiger partial charge in [0.2, 0.25) is 5.79 Å². The number of ether oxygens (including phenoxy) is 2. The second-order valence-electron chi connectivity index (χ2n) is 3.62. The Morgan fingerprint density at radius 2 is 2.43 bits per heavy atom. The van der Waals surface area contributed by atoms with E-state index in [1.807, 2.05) is 6.92 Å². The van der Waals surface area contributed by atoms with Crippen molar-refractivity contribution in [2.24, 2.45) is 0 Å². The number of aliphatic hydroxyl groups is 1. The van der Waals surface area contributed by atoms with E-state index in [0.717, 1.165) is 12.8 Å². The quantitative estimate of drug-likeness (QED) is 0.681. The molecule has 0 spiro atoms. The molecule has 0 bridgehead atoms. The van der Waals surface area contributed by atoms with Gasteiger partial charge in [-0.3, -0.25) is 4.79 Å². The molecule has 0 aliphatic carbocycles. The van der Waals surface area contributed by atoms with Crippen molar-refractivity contribution in [3.05, 3.63) is 0 Å². The summed E-state index contributed by atoms with van der Waals surface area (Å²) in [5.74, 6) is -1.33. The number of hydrogen-bond acceptors (Lipinski definition) is 4. The van der Waals surface area contributed by atoms with Crippen molar-refractivity contribution in [2.45, 2.75) is 51.6 Å². The van der Waals surface area contributed by atoms with Gasteiger partial charge in [0.1, 0.15) is 0 Å². The largest absolute Gasteiger partial charge is 0.368 e. The van der Waals surface area contributed by atoms with Gasteiger partial charge in [0.05, 0.1) is 6.61 Å². The molecule has 1 aliphatic rings. The summed E-state index contributed by atoms with van der Waals surface area (Å²) >= 11 is 0. The van der Waals surface area contributed by atoms with Gasteiger partial charge in [0.15, 0.2) is 12.1 Å². The van der Waals surface area contributed by atoms with Crippen LogP contribution in [0.3, 0.4) is 0 Å². The molecule has 0 amide bonds. The molecule has 4 nitrogen and oxygen atoms in total. The lowest BCUT2D eigenvalue weighted by atomic mass is 10.1. The van der Waals surface area contributed by atoms with Crippen LogP contribution in [0.2, 0.25) is 0 Å². The highest BCUT2D eigenvalue weighted by atomic mass is 16.7. The molecule has 1 aliphatic heterocycles. The molecule has 0 radical (unpaired) electrons. The molecule has 0 saturated carbocycles. The van der Waals surface area contributed by atoms with E-state index in [0.29, 0.717) is 19.4 Å². The molecule has 82 valence electrons. The first kappa shape index (κ1) is 11.6. The van der Waals surface area contributed by atoms with Crippen molar-refractivity contribution in [1.29, 1.82) is 0 Å². The van der Waals surface area contributed by atoms with Crippen LogP contribution in [0.15, 0.2) is 0 Å². The number of rotatable bonds is 5. The zero-order chi connectivity index (χ0) is 10.6. The Bertz CT molecular complexity index is 196. The Morgan fingerprint density at radius 3 is 2.86 bits per heavy atom. The van der Waals surface area contributed by atoms with Crippen LogP contribution in [-0.2, 0) is 14.3 Å². The van der Waals surface area contributed by atoms with Gasteiger partial charge in [0.25, 0.3) is 0 Å². The maximum atomic E-state index is 11.3. The fourth-order valence-corrected chi connectivity index (χ4v) is 1.59. The number of carbonyl (C=O) groups excluding carboxylic acids is 1. The van der Waals surface area contributed by atoms with E-state index in [2.05, 4.69) is 0 Å². The monoisotopic (exact) mass is 202 g/mol. The molecular weight excluding hydrogens is 184 g/mol. The molecule has 1 heterocycles. The molecule has 14 heavy (non-hydrogen) atoms. The molecule has 1 saturated heterocycles. The Morgan fingerprint density at radius 1 is 1.71 bits per heavy atom. The number of Topliss-reactive ketones (excluding diaryl/α,β-unsaturated/α-hetero) is 1. The van der Waals surface area contributed by atoms with Crippen molar-refractivity contribution < 1.29 is 19.4 Å². The highest BCUT2D eigenvalue weighted by Gasteiger charge is 2.42. The van der Waals surface area contributed by atoms with Crippen LogP contribution in [-0.4, -0.2) is 29.6 Å². The van der Waals surface area contributed by atoms with Gasteiger partial charge in [-0.2, -0.15) is 0 Å². The van der Waals surface area contributed by atoms with Crippen LogP contribution in [0, 0.1) is 0 Å². The first-order valence-corrected chi connectivity index (χ1v) is 5.11. The van der Waals surface area contributed by atoms with Crippen LogP contribution < -0.4 is 0 Å². The summed E-state index contributed by atoms with van der Waals surface area (Å²) in [6.07, 6.45) is 1.79. The standard InChI is InChI=1S/C10H18O4/c1-3-5-9(12)14-10(8(2)11)6-4-7-13-10/h9,12H,3-7H2,1-2H3. The van der Waals surface area contributed by atoms with Crippen LogP contribution in [0.5, 0.6) is 0 Å². The number of ketones is 1. The summed E-state index contributed by atoms with van der Waals surface area (Å²) in [5, 5.41) is 9.47. The van der Waals surface area contributed by atoms with Gasteiger partial charge in [0, 0.05) is 13.3 Å². The van der Waals surface area contributed by atoms with Gasteiger partial charge < -0.3 is 14.6 Å². The van der Waals surface area contributed by atoms with Crippen LogP contribution >= 0.6 is 0 Å². The third-order valence-corrected chi connectivity index (χ3v) is 2.38. The average molecular weight is 202 g/mol. The Balaban J connectivity index is 2.55. The smallest absolute Gasteiger partial charge is 0.230 e. The van der Waals surface area contributed by atoms with E-state index in [1.165, 1.54) is 6.92 Å². The normalized spacial score (nSPS) is 29.1. The van der Waals surface area contributed by atoms with Gasteiger partial charge in [-0.25, -0.2) is 0 Å². The Kier molecular flexibility index (Phi) is 4.04. The Labute approximate surface area is 84.2 Å². The van der Waals surface area contributed by atoms with Gasteiger partial charge in [-0.05, 0) is 12.8 Å². The second-order valence-corrected chi connectivity index (χ2v) is 3.62. The summed E-state index contributed by atoms with van der Waals surface area (Å²) in [5.41, 5.74) is 0. The number of aliphatic hydroxyl groups excluding tert-OH is 1. The van der Waals surface area contributed by atoms with Crippen molar-refractivity contribution in [1.82, 2.24) is 0 Å². The third-order valence-electron chi connectivity index (χ3n) is 2.38. The molecule has 1 rings (SSSR count). The van der Waals surface area contributed by atoms with Crippen LogP contribution in [0.4, 0.5) is 0 Å². The van der Waals surface area contributed by atoms with Crippen molar-refractivity contribution in [3.63, 3.8) is 0 Å². The van der Waals surface area contributed by atoms with Crippen LogP contribution in [0.1, 0.15) is 39.5 Å². The van der Waals surface area contributed by atoms with Crippen molar-refractivity contribution in [3.8, 4) is 0 Å². The maximum absolute atomic E-state index is 11.3. The minimum atomic E-state index is -1.17. The lowest BCUT2D eigenvalue weighted by Crippen LogP contribution is -2.42. The summed E-state index contributed by atoms with van der Waals surface area (Å²) in [6.45, 7) is 3.91. The highest BCUT2D eigenvalue weighted by Crippen LogP contribution is 2.29. The van der Waals surface area contributed by atoms with E-state index in [1.54, 1.807) is 0 Å². The second kappa shape index (κ2) is 4.87. The van der Waals surface area contributed by atoms with Crippen molar-refractivity contribution >= 4 is 5.78 Å². The maximum Gasteiger partial charge on any atom is 0.230 e. The first-order chi connectivity index (χ1) is 6.60. The van der Waals surface area contributed by atoms with E-state index in [4.69, 9.17) is 9.47 Å². The molecule has 0 aromatic heterocycles. The zero-order valence-electron chi connectivity index (χ0n) is 8.78. The highest BCUT2D eigenvalue weighted by molar-refractivity contribution is 5.83. The molecule has 4 heteroatoms. The fourth-order valence-electron chi connectivity index (χ4n) is 1.59. The summed E-state index contributed by atoms with van der Waals surface area (Å²) in [7, 11) is 0. The lowest BCUT2D eigenvalue weighted by molar-refractivity contribution is -0.267. The molecule has 0 aromatic rings. The predicted molar refractivity (Wildman–Crippen MR) is 50.6 cm³/mol. The molecule has 1 N–H and O–H groups in total. The van der Waals surface area contributed by atoms with Gasteiger partial charge >= 0.3 is 0 Å². The topological polar surface area (TPSA) is 55.8 Å². The molecule has 2 atom stereocenters. The minimum absolute atomic E-state index is 0.162. The van der Waals surface area contributed by atoms with E-state index < -0.39 is 12.1 Å². The van der Waals surface area contributed by atoms with E-state index >= 15 is 0 Å². The number of carbonyl (C=O) groups is 1. The van der Waals surface area contributed by atoms with Gasteiger partial charge in [-0.15, -0.1) is 0 Å². The van der Waals surface area contributed by atoms with Gasteiger partial charge in [-0.1, -0.05) is 13.3 Å². The molecule has 0 aromatic carbocycles. The summed E-state index contributed by atoms with van der Waals surface area (Å²) < 4.78 is 10.6. The summed E-state index contributed by atoms with van der Waals surface area (Å²) in [6, 6.07) is 0. The molecule has 1 fully saturated rings. The average Bonchev–Trinajstić information content (AvgIpc) is 2.54. The summed E-state index contributed by atoms with van der Waals surface area (Å²) in [4.78, 5) is 11.3. The Hall–Kier alpha value is -0.450. The molecular formula is C10H18O4. The first-order valence-electron chi connectivity index (χ1n) is 5.11. The number of hydrogen-bond donors (Lipinski definition) is 1. The lowest BCUT2D eigenvalue weighted by Gasteiger charge is -2.28. The zero-order valence-corrected chi connectivity index (χ0v) is 8.78. The van der Waals surface area contributed by atoms with Crippen LogP contribution in [0.25, 0.3) is 0 Å². The fraction of sp³-hybridized carbons (Fsp3) is 0.900. The molecule has 2 unspecified atom stereocenters.